The monoisotopic (exact) mass is 399 g/mol. The summed E-state index contributed by atoms with van der Waals surface area (Å²) in [4.78, 5) is 4.79. The summed E-state index contributed by atoms with van der Waals surface area (Å²) in [6.45, 7) is 7.69. The highest BCUT2D eigenvalue weighted by atomic mass is 16.5. The van der Waals surface area contributed by atoms with Crippen LogP contribution in [-0.2, 0) is 10.2 Å². The molecule has 3 aromatic rings. The second-order valence-corrected chi connectivity index (χ2v) is 8.63. The first kappa shape index (κ1) is 19.0. The first-order valence-corrected chi connectivity index (χ1v) is 10.5. The zero-order valence-corrected chi connectivity index (χ0v) is 17.6. The van der Waals surface area contributed by atoms with Crippen LogP contribution in [0.25, 0.3) is 10.9 Å². The fraction of sp³-hybridized carbons (Fsp3) is 0.417. The highest BCUT2D eigenvalue weighted by Gasteiger charge is 2.56. The molecule has 0 radical (unpaired) electrons. The van der Waals surface area contributed by atoms with Crippen LogP contribution in [0.15, 0.2) is 30.5 Å². The van der Waals surface area contributed by atoms with E-state index in [1.165, 1.54) is 12.0 Å². The van der Waals surface area contributed by atoms with Crippen LogP contribution in [0.5, 0.6) is 0 Å². The predicted octanol–water partition coefficient (Wildman–Crippen LogP) is 4.36. The van der Waals surface area contributed by atoms with E-state index in [2.05, 4.69) is 40.6 Å². The summed E-state index contributed by atoms with van der Waals surface area (Å²) in [5.74, 6) is 1.34. The zero-order valence-electron chi connectivity index (χ0n) is 17.6. The molecule has 1 saturated carbocycles. The summed E-state index contributed by atoms with van der Waals surface area (Å²) < 4.78 is 5.65. The van der Waals surface area contributed by atoms with Crippen LogP contribution in [0.4, 0.5) is 5.82 Å². The van der Waals surface area contributed by atoms with Gasteiger partial charge in [-0.1, -0.05) is 12.1 Å². The number of pyridine rings is 1. The Bertz CT molecular complexity index is 1180. The number of ether oxygens (including phenoxy) is 1. The number of hydrogen-bond acceptors (Lipinski definition) is 6. The van der Waals surface area contributed by atoms with Gasteiger partial charge in [-0.15, -0.1) is 5.10 Å². The van der Waals surface area contributed by atoms with E-state index in [-0.39, 0.29) is 11.5 Å². The number of nitrogens with zero attached hydrogens (tertiary/aromatic N) is 4. The molecule has 1 N–H and O–H groups in total. The summed E-state index contributed by atoms with van der Waals surface area (Å²) in [6, 6.07) is 10.3. The van der Waals surface area contributed by atoms with Crippen LogP contribution in [-0.4, -0.2) is 28.4 Å². The Labute approximate surface area is 176 Å². The lowest BCUT2D eigenvalue weighted by Gasteiger charge is -2.23. The van der Waals surface area contributed by atoms with Gasteiger partial charge < -0.3 is 10.1 Å². The molecule has 1 aliphatic carbocycles. The van der Waals surface area contributed by atoms with Gasteiger partial charge in [-0.3, -0.25) is 4.98 Å². The molecule has 6 heteroatoms. The fourth-order valence-corrected chi connectivity index (χ4v) is 4.95. The first-order chi connectivity index (χ1) is 14.5. The van der Waals surface area contributed by atoms with Gasteiger partial charge in [0.15, 0.2) is 5.82 Å². The number of nitriles is 1. The molecule has 3 atom stereocenters. The van der Waals surface area contributed by atoms with Crippen molar-refractivity contribution in [2.45, 2.75) is 45.1 Å². The van der Waals surface area contributed by atoms with Gasteiger partial charge in [0, 0.05) is 23.6 Å². The Morgan fingerprint density at radius 3 is 2.97 bits per heavy atom. The molecule has 0 amide bonds. The Balaban J connectivity index is 1.54. The average Bonchev–Trinajstić information content (AvgIpc) is 3.52. The van der Waals surface area contributed by atoms with E-state index in [0.29, 0.717) is 11.5 Å². The number of aromatic nitrogens is 3. The van der Waals surface area contributed by atoms with Gasteiger partial charge in [0.25, 0.3) is 0 Å². The van der Waals surface area contributed by atoms with Gasteiger partial charge in [0.05, 0.1) is 35.5 Å². The predicted molar refractivity (Wildman–Crippen MR) is 115 cm³/mol. The number of anilines is 1. The molecule has 2 unspecified atom stereocenters. The van der Waals surface area contributed by atoms with Crippen molar-refractivity contribution in [3.05, 3.63) is 58.4 Å². The largest absolute Gasteiger partial charge is 0.381 e. The quantitative estimate of drug-likeness (QED) is 0.702. The summed E-state index contributed by atoms with van der Waals surface area (Å²) in [5.41, 5.74) is 5.99. The highest BCUT2D eigenvalue weighted by Crippen LogP contribution is 2.58. The smallest absolute Gasteiger partial charge is 0.158 e. The van der Waals surface area contributed by atoms with E-state index < -0.39 is 0 Å². The molecule has 30 heavy (non-hydrogen) atoms. The van der Waals surface area contributed by atoms with Gasteiger partial charge in [-0.25, -0.2) is 0 Å². The molecule has 5 rings (SSSR count). The molecule has 2 fully saturated rings. The van der Waals surface area contributed by atoms with Crippen molar-refractivity contribution in [2.75, 3.05) is 18.5 Å². The van der Waals surface area contributed by atoms with E-state index >= 15 is 0 Å². The SMILES string of the molecule is Cc1c(C#N)cccc1[C@@H](C)Nc1nnc(C)c2ncc(C34CCOCC3C4)cc12. The number of aryl methyl sites for hydroxylation is 1. The normalized spacial score (nSPS) is 23.5. The van der Waals surface area contributed by atoms with Crippen LogP contribution in [0.2, 0.25) is 0 Å². The second-order valence-electron chi connectivity index (χ2n) is 8.63. The lowest BCUT2D eigenvalue weighted by molar-refractivity contribution is 0.0802. The molecule has 1 aromatic carbocycles. The molecule has 0 bridgehead atoms. The van der Waals surface area contributed by atoms with Crippen LogP contribution in [0.1, 0.15) is 53.8 Å². The molecule has 2 aromatic heterocycles. The van der Waals surface area contributed by atoms with Crippen molar-refractivity contribution in [1.29, 1.82) is 5.26 Å². The molecule has 1 saturated heterocycles. The van der Waals surface area contributed by atoms with Gasteiger partial charge in [0.1, 0.15) is 0 Å². The lowest BCUT2D eigenvalue weighted by Crippen LogP contribution is -2.22. The average molecular weight is 399 g/mol. The number of hydrogen-bond donors (Lipinski definition) is 1. The Morgan fingerprint density at radius 1 is 1.30 bits per heavy atom. The molecule has 6 nitrogen and oxygen atoms in total. The van der Waals surface area contributed by atoms with E-state index in [4.69, 9.17) is 9.72 Å². The maximum Gasteiger partial charge on any atom is 0.158 e. The topological polar surface area (TPSA) is 83.7 Å². The molecule has 3 heterocycles. The summed E-state index contributed by atoms with van der Waals surface area (Å²) in [7, 11) is 0. The summed E-state index contributed by atoms with van der Waals surface area (Å²) >= 11 is 0. The Hall–Kier alpha value is -3.04. The Morgan fingerprint density at radius 2 is 2.17 bits per heavy atom. The first-order valence-electron chi connectivity index (χ1n) is 10.5. The van der Waals surface area contributed by atoms with Crippen molar-refractivity contribution >= 4 is 16.7 Å². The molecular formula is C24H25N5O. The minimum absolute atomic E-state index is 0.0166. The molecular weight excluding hydrogens is 374 g/mol. The van der Waals surface area contributed by atoms with Crippen molar-refractivity contribution in [2.24, 2.45) is 5.92 Å². The third-order valence-electron chi connectivity index (χ3n) is 6.92. The van der Waals surface area contributed by atoms with Crippen molar-refractivity contribution in [3.8, 4) is 6.07 Å². The van der Waals surface area contributed by atoms with Gasteiger partial charge in [0.2, 0.25) is 0 Å². The number of benzene rings is 1. The van der Waals surface area contributed by atoms with Crippen LogP contribution in [0, 0.1) is 31.1 Å². The van der Waals surface area contributed by atoms with Crippen molar-refractivity contribution in [3.63, 3.8) is 0 Å². The lowest BCUT2D eigenvalue weighted by atomic mass is 9.89. The van der Waals surface area contributed by atoms with Gasteiger partial charge in [-0.05, 0) is 68.4 Å². The number of nitrogens with one attached hydrogen (secondary N) is 1. The maximum absolute atomic E-state index is 9.36. The van der Waals surface area contributed by atoms with Crippen molar-refractivity contribution in [1.82, 2.24) is 15.2 Å². The van der Waals surface area contributed by atoms with Crippen LogP contribution < -0.4 is 5.32 Å². The van der Waals surface area contributed by atoms with E-state index in [0.717, 1.165) is 53.2 Å². The van der Waals surface area contributed by atoms with Gasteiger partial charge in [-0.2, -0.15) is 10.4 Å². The number of rotatable bonds is 4. The molecule has 0 spiro atoms. The maximum atomic E-state index is 9.36. The zero-order chi connectivity index (χ0) is 20.9. The third-order valence-corrected chi connectivity index (χ3v) is 6.92. The highest BCUT2D eigenvalue weighted by molar-refractivity contribution is 5.90. The summed E-state index contributed by atoms with van der Waals surface area (Å²) in [5, 5.41) is 22.7. The minimum atomic E-state index is -0.0166. The summed E-state index contributed by atoms with van der Waals surface area (Å²) in [6.07, 6.45) is 4.26. The van der Waals surface area contributed by atoms with E-state index in [1.807, 2.05) is 32.2 Å². The number of fused-ring (bicyclic) bond motifs is 2. The third kappa shape index (κ3) is 2.93. The molecule has 2 aliphatic rings. The molecule has 152 valence electrons. The minimum Gasteiger partial charge on any atom is -0.381 e. The van der Waals surface area contributed by atoms with E-state index in [1.54, 1.807) is 0 Å². The van der Waals surface area contributed by atoms with Gasteiger partial charge >= 0.3 is 0 Å². The van der Waals surface area contributed by atoms with E-state index in [9.17, 15) is 5.26 Å². The second kappa shape index (κ2) is 7.03. The Kier molecular flexibility index (Phi) is 4.44. The van der Waals surface area contributed by atoms with Crippen LogP contribution >= 0.6 is 0 Å². The van der Waals surface area contributed by atoms with Crippen LogP contribution in [0.3, 0.4) is 0 Å². The molecule has 1 aliphatic heterocycles. The van der Waals surface area contributed by atoms with Crippen molar-refractivity contribution < 1.29 is 4.74 Å². The fourth-order valence-electron chi connectivity index (χ4n) is 4.95. The standard InChI is InChI=1S/C24H25N5O/c1-14-17(11-25)5-4-6-20(14)15(2)27-23-21-9-18(12-26-22(21)16(3)28-29-23)24-7-8-30-13-19(24)10-24/h4-6,9,12,15,19H,7-8,10,13H2,1-3H3,(H,27,29)/t15-,19?,24?/m1/s1.